The number of carbonyl (C=O) groups is 3. The number of carbonyl (C=O) groups excluding carboxylic acids is 3. The molecule has 0 saturated carbocycles. The molecule has 0 saturated heterocycles. The number of esters is 1. The van der Waals surface area contributed by atoms with Crippen molar-refractivity contribution in [3.05, 3.63) is 65.9 Å². The quantitative estimate of drug-likeness (QED) is 0.432. The summed E-state index contributed by atoms with van der Waals surface area (Å²) in [7, 11) is 0. The Balaban J connectivity index is 1.53. The Labute approximate surface area is 168 Å². The van der Waals surface area contributed by atoms with Crippen LogP contribution in [0.25, 0.3) is 10.9 Å². The summed E-state index contributed by atoms with van der Waals surface area (Å²) in [5.41, 5.74) is 1.82. The van der Waals surface area contributed by atoms with Crippen LogP contribution in [-0.2, 0) is 9.53 Å². The van der Waals surface area contributed by atoms with E-state index in [9.17, 15) is 14.4 Å². The maximum atomic E-state index is 12.6. The summed E-state index contributed by atoms with van der Waals surface area (Å²) in [6, 6.07) is 14.2. The number of benzene rings is 2. The monoisotopic (exact) mass is 393 g/mol. The van der Waals surface area contributed by atoms with Crippen LogP contribution in [0, 0.1) is 0 Å². The topological polar surface area (TPSA) is 85.5 Å². The maximum absolute atomic E-state index is 12.6. The van der Waals surface area contributed by atoms with E-state index in [4.69, 9.17) is 9.47 Å². The van der Waals surface area contributed by atoms with Gasteiger partial charge in [0.15, 0.2) is 11.9 Å². The van der Waals surface area contributed by atoms with Crippen LogP contribution in [0.15, 0.2) is 54.7 Å². The van der Waals surface area contributed by atoms with Gasteiger partial charge in [0, 0.05) is 34.6 Å². The Morgan fingerprint density at radius 1 is 1.00 bits per heavy atom. The van der Waals surface area contributed by atoms with Crippen molar-refractivity contribution in [2.75, 3.05) is 6.61 Å². The van der Waals surface area contributed by atoms with Gasteiger partial charge in [0.1, 0.15) is 5.75 Å². The van der Waals surface area contributed by atoms with Crippen LogP contribution >= 0.6 is 0 Å². The van der Waals surface area contributed by atoms with E-state index in [2.05, 4.69) is 4.98 Å². The number of ether oxygens (including phenoxy) is 2. The Kier molecular flexibility index (Phi) is 6.44. The minimum atomic E-state index is -0.928. The summed E-state index contributed by atoms with van der Waals surface area (Å²) in [6.45, 7) is 3.97. The van der Waals surface area contributed by atoms with Crippen molar-refractivity contribution in [2.45, 2.75) is 32.8 Å². The van der Waals surface area contributed by atoms with E-state index < -0.39 is 12.1 Å². The Bertz CT molecular complexity index is 1020. The van der Waals surface area contributed by atoms with Gasteiger partial charge in [-0.25, -0.2) is 0 Å². The number of hydrogen-bond donors (Lipinski definition) is 1. The van der Waals surface area contributed by atoms with Gasteiger partial charge in [-0.1, -0.05) is 18.2 Å². The highest BCUT2D eigenvalue weighted by molar-refractivity contribution is 6.10. The largest absolute Gasteiger partial charge is 0.494 e. The fourth-order valence-corrected chi connectivity index (χ4v) is 3.07. The number of para-hydroxylation sites is 1. The van der Waals surface area contributed by atoms with Crippen molar-refractivity contribution in [1.82, 2.24) is 4.98 Å². The van der Waals surface area contributed by atoms with Crippen LogP contribution in [0.4, 0.5) is 0 Å². The van der Waals surface area contributed by atoms with Gasteiger partial charge in [-0.2, -0.15) is 0 Å². The smallest absolute Gasteiger partial charge is 0.306 e. The number of H-pyrrole nitrogens is 1. The van der Waals surface area contributed by atoms with Gasteiger partial charge in [0.25, 0.3) is 0 Å². The van der Waals surface area contributed by atoms with Crippen molar-refractivity contribution < 1.29 is 23.9 Å². The lowest BCUT2D eigenvalue weighted by Crippen LogP contribution is -2.24. The van der Waals surface area contributed by atoms with E-state index in [0.717, 1.165) is 10.9 Å². The minimum absolute atomic E-state index is 0.0147. The molecule has 0 unspecified atom stereocenters. The van der Waals surface area contributed by atoms with Gasteiger partial charge < -0.3 is 14.5 Å². The molecule has 1 N–H and O–H groups in total. The molecule has 1 aromatic heterocycles. The number of rotatable bonds is 9. The van der Waals surface area contributed by atoms with Crippen LogP contribution in [0.2, 0.25) is 0 Å². The second kappa shape index (κ2) is 9.19. The number of hydrogen-bond acceptors (Lipinski definition) is 5. The minimum Gasteiger partial charge on any atom is -0.494 e. The summed E-state index contributed by atoms with van der Waals surface area (Å²) in [5.74, 6) is -0.340. The van der Waals surface area contributed by atoms with E-state index in [0.29, 0.717) is 23.5 Å². The van der Waals surface area contributed by atoms with Crippen molar-refractivity contribution in [3.63, 3.8) is 0 Å². The summed E-state index contributed by atoms with van der Waals surface area (Å²) in [5, 5.41) is 0.783. The SMILES string of the molecule is CCOc1ccc(C(=O)CCC(=O)O[C@@H](C)C(=O)c2c[nH]c3ccccc23)cc1. The van der Waals surface area contributed by atoms with E-state index in [1.54, 1.807) is 30.5 Å². The molecule has 0 aliphatic rings. The molecule has 0 fully saturated rings. The lowest BCUT2D eigenvalue weighted by atomic mass is 10.1. The predicted molar refractivity (Wildman–Crippen MR) is 109 cm³/mol. The normalized spacial score (nSPS) is 11.8. The van der Waals surface area contributed by atoms with E-state index in [-0.39, 0.29) is 24.4 Å². The summed E-state index contributed by atoms with van der Waals surface area (Å²) in [6.07, 6.45) is 0.618. The molecule has 2 aromatic carbocycles. The first-order valence-electron chi connectivity index (χ1n) is 9.55. The van der Waals surface area contributed by atoms with Gasteiger partial charge in [-0.3, -0.25) is 14.4 Å². The van der Waals surface area contributed by atoms with Crippen LogP contribution in [0.3, 0.4) is 0 Å². The molecule has 0 bridgehead atoms. The molecule has 0 spiro atoms. The highest BCUT2D eigenvalue weighted by atomic mass is 16.5. The van der Waals surface area contributed by atoms with Gasteiger partial charge in [-0.05, 0) is 44.2 Å². The second-order valence-corrected chi connectivity index (χ2v) is 6.62. The molecule has 6 heteroatoms. The Hall–Kier alpha value is -3.41. The number of aromatic amines is 1. The molecule has 150 valence electrons. The molecule has 3 rings (SSSR count). The standard InChI is InChI=1S/C23H23NO5/c1-3-28-17-10-8-16(9-11-17)21(25)12-13-22(26)29-15(2)23(27)19-14-24-20-7-5-4-6-18(19)20/h4-11,14-15,24H,3,12-13H2,1-2H3/t15-/m0/s1. The molecule has 6 nitrogen and oxygen atoms in total. The first kappa shape index (κ1) is 20.3. The van der Waals surface area contributed by atoms with Gasteiger partial charge in [0.2, 0.25) is 5.78 Å². The number of fused-ring (bicyclic) bond motifs is 1. The van der Waals surface area contributed by atoms with Crippen molar-refractivity contribution in [2.24, 2.45) is 0 Å². The zero-order valence-corrected chi connectivity index (χ0v) is 16.4. The lowest BCUT2D eigenvalue weighted by Gasteiger charge is -2.12. The average molecular weight is 393 g/mol. The summed E-state index contributed by atoms with van der Waals surface area (Å²) in [4.78, 5) is 40.0. The zero-order valence-electron chi connectivity index (χ0n) is 16.4. The zero-order chi connectivity index (χ0) is 20.8. The molecule has 0 amide bonds. The Morgan fingerprint density at radius 2 is 1.72 bits per heavy atom. The van der Waals surface area contributed by atoms with Gasteiger partial charge >= 0.3 is 5.97 Å². The number of nitrogens with one attached hydrogen (secondary N) is 1. The molecule has 3 aromatic rings. The number of aromatic nitrogens is 1. The molecule has 29 heavy (non-hydrogen) atoms. The third-order valence-corrected chi connectivity index (χ3v) is 4.58. The summed E-state index contributed by atoms with van der Waals surface area (Å²) >= 11 is 0. The van der Waals surface area contributed by atoms with Crippen molar-refractivity contribution in [1.29, 1.82) is 0 Å². The number of ketones is 2. The second-order valence-electron chi connectivity index (χ2n) is 6.62. The fraction of sp³-hybridized carbons (Fsp3) is 0.261. The van der Waals surface area contributed by atoms with Crippen LogP contribution in [-0.4, -0.2) is 35.2 Å². The van der Waals surface area contributed by atoms with Crippen LogP contribution in [0.5, 0.6) is 5.75 Å². The van der Waals surface area contributed by atoms with E-state index in [1.165, 1.54) is 6.92 Å². The fourth-order valence-electron chi connectivity index (χ4n) is 3.07. The first-order valence-corrected chi connectivity index (χ1v) is 9.55. The molecule has 0 aliphatic heterocycles. The predicted octanol–water partition coefficient (Wildman–Crippen LogP) is 4.34. The third kappa shape index (κ3) is 4.90. The van der Waals surface area contributed by atoms with E-state index >= 15 is 0 Å². The molecule has 0 aliphatic carbocycles. The molecule has 0 radical (unpaired) electrons. The van der Waals surface area contributed by atoms with Crippen molar-refractivity contribution in [3.8, 4) is 5.75 Å². The van der Waals surface area contributed by atoms with Crippen LogP contribution < -0.4 is 4.74 Å². The molecule has 1 heterocycles. The van der Waals surface area contributed by atoms with Crippen molar-refractivity contribution >= 4 is 28.4 Å². The average Bonchev–Trinajstić information content (AvgIpc) is 3.16. The molecular formula is C23H23NO5. The first-order chi connectivity index (χ1) is 14.0. The molecular weight excluding hydrogens is 370 g/mol. The summed E-state index contributed by atoms with van der Waals surface area (Å²) < 4.78 is 10.6. The van der Waals surface area contributed by atoms with E-state index in [1.807, 2.05) is 31.2 Å². The lowest BCUT2D eigenvalue weighted by molar-refractivity contribution is -0.146. The number of Topliss-reactive ketones (excluding diaryl/α,β-unsaturated/α-hetero) is 2. The highest BCUT2D eigenvalue weighted by Gasteiger charge is 2.22. The third-order valence-electron chi connectivity index (χ3n) is 4.58. The maximum Gasteiger partial charge on any atom is 0.306 e. The van der Waals surface area contributed by atoms with Gasteiger partial charge in [0.05, 0.1) is 13.0 Å². The highest BCUT2D eigenvalue weighted by Crippen LogP contribution is 2.20. The molecule has 1 atom stereocenters. The Morgan fingerprint density at radius 3 is 2.45 bits per heavy atom. The van der Waals surface area contributed by atoms with Gasteiger partial charge in [-0.15, -0.1) is 0 Å². The van der Waals surface area contributed by atoms with Crippen LogP contribution in [0.1, 0.15) is 47.4 Å².